The third kappa shape index (κ3) is 2.16. The van der Waals surface area contributed by atoms with Gasteiger partial charge < -0.3 is 5.73 Å². The van der Waals surface area contributed by atoms with Gasteiger partial charge in [-0.1, -0.05) is 43.7 Å². The van der Waals surface area contributed by atoms with Gasteiger partial charge in [0.05, 0.1) is 6.20 Å². The van der Waals surface area contributed by atoms with E-state index in [1.807, 2.05) is 10.9 Å². The molecule has 2 aromatic rings. The predicted molar refractivity (Wildman–Crippen MR) is 81.4 cm³/mol. The lowest BCUT2D eigenvalue weighted by Crippen LogP contribution is -2.44. The normalized spacial score (nSPS) is 18.5. The molecule has 3 nitrogen and oxygen atoms in total. The fourth-order valence-electron chi connectivity index (χ4n) is 3.32. The monoisotopic (exact) mass is 269 g/mol. The molecule has 0 bridgehead atoms. The minimum atomic E-state index is 0.0456. The second-order valence-corrected chi connectivity index (χ2v) is 5.89. The first-order valence-corrected chi connectivity index (χ1v) is 7.60. The molecular weight excluding hydrogens is 246 g/mol. The minimum absolute atomic E-state index is 0.0456. The molecule has 0 amide bonds. The van der Waals surface area contributed by atoms with Crippen molar-refractivity contribution < 1.29 is 0 Å². The molecule has 1 aliphatic carbocycles. The summed E-state index contributed by atoms with van der Waals surface area (Å²) in [4.78, 5) is 0. The molecule has 1 aromatic carbocycles. The van der Waals surface area contributed by atoms with Gasteiger partial charge in [0, 0.05) is 29.8 Å². The van der Waals surface area contributed by atoms with Crippen LogP contribution in [0.1, 0.15) is 49.8 Å². The molecule has 0 spiro atoms. The van der Waals surface area contributed by atoms with Crippen molar-refractivity contribution in [2.45, 2.75) is 50.6 Å². The van der Waals surface area contributed by atoms with Gasteiger partial charge in [0.2, 0.25) is 0 Å². The number of rotatable bonds is 5. The number of nitrogens with two attached hydrogens (primary N) is 1. The van der Waals surface area contributed by atoms with Gasteiger partial charge in [-0.05, 0) is 24.8 Å². The van der Waals surface area contributed by atoms with E-state index in [-0.39, 0.29) is 11.5 Å². The Labute approximate surface area is 120 Å². The highest BCUT2D eigenvalue weighted by Crippen LogP contribution is 2.50. The molecule has 1 fully saturated rings. The van der Waals surface area contributed by atoms with Crippen molar-refractivity contribution in [3.05, 3.63) is 53.9 Å². The lowest BCUT2D eigenvalue weighted by molar-refractivity contribution is 0.196. The molecule has 20 heavy (non-hydrogen) atoms. The van der Waals surface area contributed by atoms with E-state index in [4.69, 9.17) is 5.73 Å². The summed E-state index contributed by atoms with van der Waals surface area (Å²) in [6.07, 6.45) is 8.79. The number of aryl methyl sites for hydroxylation is 1. The first kappa shape index (κ1) is 13.4. The van der Waals surface area contributed by atoms with Crippen LogP contribution >= 0.6 is 0 Å². The Kier molecular flexibility index (Phi) is 3.62. The lowest BCUT2D eigenvalue weighted by atomic mass is 9.59. The maximum atomic E-state index is 6.62. The molecular formula is C17H23N3. The Morgan fingerprint density at radius 1 is 1.30 bits per heavy atom. The predicted octanol–water partition coefficient (Wildman–Crippen LogP) is 3.41. The van der Waals surface area contributed by atoms with E-state index < -0.39 is 0 Å². The number of hydrogen-bond acceptors (Lipinski definition) is 2. The molecule has 0 saturated heterocycles. The van der Waals surface area contributed by atoms with Crippen molar-refractivity contribution in [3.8, 4) is 0 Å². The maximum absolute atomic E-state index is 6.62. The van der Waals surface area contributed by atoms with Crippen LogP contribution in [0, 0.1) is 0 Å². The van der Waals surface area contributed by atoms with Crippen LogP contribution in [-0.2, 0) is 12.0 Å². The van der Waals surface area contributed by atoms with E-state index in [9.17, 15) is 0 Å². The number of benzene rings is 1. The second kappa shape index (κ2) is 5.41. The molecule has 1 unspecified atom stereocenters. The fraction of sp³-hybridized carbons (Fsp3) is 0.471. The zero-order chi connectivity index (χ0) is 14.0. The smallest absolute Gasteiger partial charge is 0.0537 e. The van der Waals surface area contributed by atoms with Gasteiger partial charge in [0.1, 0.15) is 0 Å². The third-order valence-corrected chi connectivity index (χ3v) is 4.65. The Morgan fingerprint density at radius 3 is 2.65 bits per heavy atom. The van der Waals surface area contributed by atoms with E-state index in [1.54, 1.807) is 0 Å². The van der Waals surface area contributed by atoms with Gasteiger partial charge in [0.15, 0.2) is 0 Å². The highest BCUT2D eigenvalue weighted by molar-refractivity contribution is 5.34. The molecule has 106 valence electrons. The molecule has 1 saturated carbocycles. The van der Waals surface area contributed by atoms with Crippen LogP contribution in [0.3, 0.4) is 0 Å². The average Bonchev–Trinajstić information content (AvgIpc) is 2.88. The molecule has 1 aliphatic rings. The van der Waals surface area contributed by atoms with Gasteiger partial charge in [-0.25, -0.2) is 0 Å². The van der Waals surface area contributed by atoms with Crippen molar-refractivity contribution in [2.24, 2.45) is 5.73 Å². The standard InChI is InChI=1S/C17H23N3/c1-2-11-20-13-14(12-19-20)16(18)17(9-6-10-17)15-7-4-3-5-8-15/h3-5,7-8,12-13,16H,2,6,9-11,18H2,1H3. The Morgan fingerprint density at radius 2 is 2.05 bits per heavy atom. The molecule has 0 aliphatic heterocycles. The molecule has 2 N–H and O–H groups in total. The number of nitrogens with zero attached hydrogens (tertiary/aromatic N) is 2. The van der Waals surface area contributed by atoms with Crippen molar-refractivity contribution in [2.75, 3.05) is 0 Å². The summed E-state index contributed by atoms with van der Waals surface area (Å²) in [5.74, 6) is 0. The first-order valence-electron chi connectivity index (χ1n) is 7.60. The quantitative estimate of drug-likeness (QED) is 0.904. The third-order valence-electron chi connectivity index (χ3n) is 4.65. The molecule has 3 heteroatoms. The molecule has 1 heterocycles. The second-order valence-electron chi connectivity index (χ2n) is 5.89. The van der Waals surface area contributed by atoms with Crippen LogP contribution < -0.4 is 5.73 Å². The van der Waals surface area contributed by atoms with Crippen LogP contribution in [-0.4, -0.2) is 9.78 Å². The maximum Gasteiger partial charge on any atom is 0.0537 e. The van der Waals surface area contributed by atoms with Crippen LogP contribution in [0.25, 0.3) is 0 Å². The largest absolute Gasteiger partial charge is 0.323 e. The van der Waals surface area contributed by atoms with Crippen molar-refractivity contribution in [1.29, 1.82) is 0 Å². The van der Waals surface area contributed by atoms with Gasteiger partial charge in [-0.15, -0.1) is 0 Å². The summed E-state index contributed by atoms with van der Waals surface area (Å²) in [6, 6.07) is 10.8. The summed E-state index contributed by atoms with van der Waals surface area (Å²) in [6.45, 7) is 3.13. The highest BCUT2D eigenvalue weighted by atomic mass is 15.3. The number of hydrogen-bond donors (Lipinski definition) is 1. The van der Waals surface area contributed by atoms with E-state index in [0.717, 1.165) is 13.0 Å². The average molecular weight is 269 g/mol. The Bertz CT molecular complexity index is 555. The van der Waals surface area contributed by atoms with E-state index in [2.05, 4.69) is 48.6 Å². The van der Waals surface area contributed by atoms with Crippen LogP contribution in [0.4, 0.5) is 0 Å². The van der Waals surface area contributed by atoms with Crippen molar-refractivity contribution >= 4 is 0 Å². The Balaban J connectivity index is 1.88. The summed E-state index contributed by atoms with van der Waals surface area (Å²) >= 11 is 0. The molecule has 0 radical (unpaired) electrons. The summed E-state index contributed by atoms with van der Waals surface area (Å²) in [5.41, 5.74) is 9.28. The lowest BCUT2D eigenvalue weighted by Gasteiger charge is -2.46. The van der Waals surface area contributed by atoms with Crippen molar-refractivity contribution in [1.82, 2.24) is 9.78 Å². The molecule has 1 aromatic heterocycles. The zero-order valence-electron chi connectivity index (χ0n) is 12.1. The number of aromatic nitrogens is 2. The van der Waals surface area contributed by atoms with Gasteiger partial charge in [-0.2, -0.15) is 5.10 Å². The van der Waals surface area contributed by atoms with Crippen LogP contribution in [0.2, 0.25) is 0 Å². The summed E-state index contributed by atoms with van der Waals surface area (Å²) in [7, 11) is 0. The van der Waals surface area contributed by atoms with Crippen LogP contribution in [0.15, 0.2) is 42.7 Å². The SMILES string of the molecule is CCCn1cc(C(N)C2(c3ccccc3)CCC2)cn1. The van der Waals surface area contributed by atoms with E-state index in [0.29, 0.717) is 0 Å². The summed E-state index contributed by atoms with van der Waals surface area (Å²) in [5, 5.41) is 4.43. The van der Waals surface area contributed by atoms with Gasteiger partial charge in [-0.3, -0.25) is 4.68 Å². The minimum Gasteiger partial charge on any atom is -0.323 e. The fourth-order valence-corrected chi connectivity index (χ4v) is 3.32. The van der Waals surface area contributed by atoms with Crippen molar-refractivity contribution in [3.63, 3.8) is 0 Å². The highest BCUT2D eigenvalue weighted by Gasteiger charge is 2.44. The van der Waals surface area contributed by atoms with E-state index in [1.165, 1.54) is 30.4 Å². The molecule has 1 atom stereocenters. The van der Waals surface area contributed by atoms with E-state index >= 15 is 0 Å². The first-order chi connectivity index (χ1) is 9.76. The van der Waals surface area contributed by atoms with Gasteiger partial charge in [0.25, 0.3) is 0 Å². The van der Waals surface area contributed by atoms with Crippen LogP contribution in [0.5, 0.6) is 0 Å². The molecule has 3 rings (SSSR count). The summed E-state index contributed by atoms with van der Waals surface area (Å²) < 4.78 is 2.01. The van der Waals surface area contributed by atoms with Gasteiger partial charge >= 0.3 is 0 Å². The topological polar surface area (TPSA) is 43.8 Å². The Hall–Kier alpha value is -1.61. The zero-order valence-corrected chi connectivity index (χ0v) is 12.1.